The number of carboxylic acids is 1. The number of furan rings is 1. The minimum atomic E-state index is -0.991. The molecular weight excluding hydrogens is 376 g/mol. The van der Waals surface area contributed by atoms with Crippen molar-refractivity contribution in [3.63, 3.8) is 0 Å². The van der Waals surface area contributed by atoms with Crippen LogP contribution < -0.4 is 0 Å². The summed E-state index contributed by atoms with van der Waals surface area (Å²) in [5.41, 5.74) is 0.860. The summed E-state index contributed by atoms with van der Waals surface area (Å²) in [5, 5.41) is 9.84. The number of thioether (sulfide) groups is 1. The summed E-state index contributed by atoms with van der Waals surface area (Å²) in [6, 6.07) is 10.2. The second-order valence-electron chi connectivity index (χ2n) is 6.97. The van der Waals surface area contributed by atoms with Gasteiger partial charge >= 0.3 is 5.97 Å². The van der Waals surface area contributed by atoms with Gasteiger partial charge in [0, 0.05) is 23.7 Å². The molecule has 0 unspecified atom stereocenters. The Morgan fingerprint density at radius 1 is 1.21 bits per heavy atom. The molecule has 146 valence electrons. The first kappa shape index (κ1) is 19.9. The number of carbonyl (C=O) groups excluding carboxylic acids is 1. The zero-order chi connectivity index (χ0) is 20.4. The van der Waals surface area contributed by atoms with Gasteiger partial charge in [0.15, 0.2) is 5.17 Å². The molecule has 1 aromatic carbocycles. The third kappa shape index (κ3) is 4.20. The summed E-state index contributed by atoms with van der Waals surface area (Å²) in [4.78, 5) is 30.7. The standard InChI is InChI=1S/C21H22N2O4S/c1-12(2)22-21-23(13(3)4)19(24)18(28-21)11-16-8-9-17(27-16)14-6-5-7-15(10-14)20(25)26/h5-13H,1-4H3,(H,25,26). The van der Waals surface area contributed by atoms with Crippen molar-refractivity contribution in [3.8, 4) is 11.3 Å². The number of carbonyl (C=O) groups is 2. The van der Waals surface area contributed by atoms with Gasteiger partial charge in [-0.2, -0.15) is 0 Å². The summed E-state index contributed by atoms with van der Waals surface area (Å²) in [6.45, 7) is 7.86. The van der Waals surface area contributed by atoms with E-state index in [1.54, 1.807) is 41.3 Å². The molecule has 2 heterocycles. The van der Waals surface area contributed by atoms with Gasteiger partial charge in [-0.25, -0.2) is 4.79 Å². The zero-order valence-electron chi connectivity index (χ0n) is 16.2. The van der Waals surface area contributed by atoms with Crippen LogP contribution in [0, 0.1) is 0 Å². The molecule has 0 radical (unpaired) electrons. The number of aliphatic imine (C=N–C) groups is 1. The van der Waals surface area contributed by atoms with Crippen LogP contribution in [0.2, 0.25) is 0 Å². The maximum atomic E-state index is 12.8. The Kier molecular flexibility index (Phi) is 5.74. The predicted molar refractivity (Wildman–Crippen MR) is 111 cm³/mol. The second-order valence-corrected chi connectivity index (χ2v) is 7.98. The van der Waals surface area contributed by atoms with Crippen LogP contribution in [0.15, 0.2) is 50.7 Å². The molecular formula is C21H22N2O4S. The number of nitrogens with zero attached hydrogens (tertiary/aromatic N) is 2. The van der Waals surface area contributed by atoms with Crippen molar-refractivity contribution in [3.05, 3.63) is 52.6 Å². The largest absolute Gasteiger partial charge is 0.478 e. The highest BCUT2D eigenvalue weighted by atomic mass is 32.2. The number of amides is 1. The quantitative estimate of drug-likeness (QED) is 0.736. The van der Waals surface area contributed by atoms with Gasteiger partial charge in [-0.05, 0) is 63.7 Å². The maximum Gasteiger partial charge on any atom is 0.335 e. The second kappa shape index (κ2) is 8.06. The fourth-order valence-corrected chi connectivity index (χ4v) is 3.99. The molecule has 1 N–H and O–H groups in total. The normalized spacial score (nSPS) is 17.5. The smallest absolute Gasteiger partial charge is 0.335 e. The lowest BCUT2D eigenvalue weighted by atomic mass is 10.1. The number of hydrogen-bond acceptors (Lipinski definition) is 5. The van der Waals surface area contributed by atoms with Gasteiger partial charge in [0.25, 0.3) is 5.91 Å². The summed E-state index contributed by atoms with van der Waals surface area (Å²) in [7, 11) is 0. The van der Waals surface area contributed by atoms with Crippen molar-refractivity contribution in [2.45, 2.75) is 39.8 Å². The van der Waals surface area contributed by atoms with E-state index in [4.69, 9.17) is 9.52 Å². The summed E-state index contributed by atoms with van der Waals surface area (Å²) >= 11 is 1.34. The number of rotatable bonds is 5. The lowest BCUT2D eigenvalue weighted by molar-refractivity contribution is -0.123. The molecule has 6 nitrogen and oxygen atoms in total. The predicted octanol–water partition coefficient (Wildman–Crippen LogP) is 4.73. The SMILES string of the molecule is CC(C)N=C1SC(=Cc2ccc(-c3cccc(C(=O)O)c3)o2)C(=O)N1C(C)C. The van der Waals surface area contributed by atoms with Crippen molar-refractivity contribution >= 4 is 34.9 Å². The third-order valence-electron chi connectivity index (χ3n) is 4.02. The first-order chi connectivity index (χ1) is 13.3. The summed E-state index contributed by atoms with van der Waals surface area (Å²) in [5.74, 6) is -0.0112. The highest BCUT2D eigenvalue weighted by Gasteiger charge is 2.35. The molecule has 1 fully saturated rings. The van der Waals surface area contributed by atoms with E-state index in [0.29, 0.717) is 27.2 Å². The number of hydrogen-bond donors (Lipinski definition) is 1. The Morgan fingerprint density at radius 2 is 1.96 bits per heavy atom. The Bertz CT molecular complexity index is 972. The fraction of sp³-hybridized carbons (Fsp3) is 0.286. The van der Waals surface area contributed by atoms with E-state index >= 15 is 0 Å². The van der Waals surface area contributed by atoms with E-state index in [-0.39, 0.29) is 23.6 Å². The maximum absolute atomic E-state index is 12.8. The Labute approximate surface area is 167 Å². The van der Waals surface area contributed by atoms with Gasteiger partial charge in [-0.3, -0.25) is 14.7 Å². The van der Waals surface area contributed by atoms with Gasteiger partial charge in [-0.1, -0.05) is 12.1 Å². The van der Waals surface area contributed by atoms with Crippen LogP contribution in [-0.4, -0.2) is 39.1 Å². The van der Waals surface area contributed by atoms with E-state index in [1.807, 2.05) is 27.7 Å². The average Bonchev–Trinajstić information content (AvgIpc) is 3.20. The molecule has 3 rings (SSSR count). The van der Waals surface area contributed by atoms with Gasteiger partial charge in [0.1, 0.15) is 11.5 Å². The van der Waals surface area contributed by atoms with Crippen LogP contribution in [0.25, 0.3) is 17.4 Å². The molecule has 2 aromatic rings. The van der Waals surface area contributed by atoms with E-state index in [1.165, 1.54) is 17.8 Å². The first-order valence-corrected chi connectivity index (χ1v) is 9.82. The molecule has 28 heavy (non-hydrogen) atoms. The third-order valence-corrected chi connectivity index (χ3v) is 5.01. The minimum absolute atomic E-state index is 0.00863. The van der Waals surface area contributed by atoms with Gasteiger partial charge in [0.05, 0.1) is 10.5 Å². The Hall–Kier alpha value is -2.80. The van der Waals surface area contributed by atoms with Crippen LogP contribution in [0.5, 0.6) is 0 Å². The van der Waals surface area contributed by atoms with Gasteiger partial charge in [0.2, 0.25) is 0 Å². The lowest BCUT2D eigenvalue weighted by Crippen LogP contribution is -2.35. The van der Waals surface area contributed by atoms with E-state index in [2.05, 4.69) is 4.99 Å². The molecule has 0 atom stereocenters. The monoisotopic (exact) mass is 398 g/mol. The zero-order valence-corrected chi connectivity index (χ0v) is 17.0. The van der Waals surface area contributed by atoms with Crippen molar-refractivity contribution in [2.24, 2.45) is 4.99 Å². The molecule has 1 saturated heterocycles. The number of aromatic carboxylic acids is 1. The number of amidine groups is 1. The molecule has 0 saturated carbocycles. The van der Waals surface area contributed by atoms with Crippen molar-refractivity contribution in [1.82, 2.24) is 4.90 Å². The highest BCUT2D eigenvalue weighted by Crippen LogP contribution is 2.35. The van der Waals surface area contributed by atoms with E-state index < -0.39 is 5.97 Å². The van der Waals surface area contributed by atoms with Crippen molar-refractivity contribution in [1.29, 1.82) is 0 Å². The van der Waals surface area contributed by atoms with Crippen LogP contribution >= 0.6 is 11.8 Å². The molecule has 7 heteroatoms. The molecule has 1 aliphatic rings. The van der Waals surface area contributed by atoms with Gasteiger partial charge < -0.3 is 9.52 Å². The molecule has 1 aliphatic heterocycles. The first-order valence-electron chi connectivity index (χ1n) is 9.00. The summed E-state index contributed by atoms with van der Waals surface area (Å²) < 4.78 is 5.83. The fourth-order valence-electron chi connectivity index (χ4n) is 2.77. The van der Waals surface area contributed by atoms with Crippen molar-refractivity contribution < 1.29 is 19.1 Å². The molecule has 1 amide bonds. The van der Waals surface area contributed by atoms with Crippen molar-refractivity contribution in [2.75, 3.05) is 0 Å². The highest BCUT2D eigenvalue weighted by molar-refractivity contribution is 8.18. The summed E-state index contributed by atoms with van der Waals surface area (Å²) in [6.07, 6.45) is 1.70. The van der Waals surface area contributed by atoms with E-state index in [9.17, 15) is 9.59 Å². The van der Waals surface area contributed by atoms with Crippen LogP contribution in [0.4, 0.5) is 0 Å². The Morgan fingerprint density at radius 3 is 2.61 bits per heavy atom. The van der Waals surface area contributed by atoms with Crippen LogP contribution in [0.3, 0.4) is 0 Å². The van der Waals surface area contributed by atoms with Gasteiger partial charge in [-0.15, -0.1) is 0 Å². The van der Waals surface area contributed by atoms with E-state index in [0.717, 1.165) is 0 Å². The molecule has 0 spiro atoms. The minimum Gasteiger partial charge on any atom is -0.478 e. The topological polar surface area (TPSA) is 83.1 Å². The van der Waals surface area contributed by atoms with Crippen LogP contribution in [-0.2, 0) is 4.79 Å². The lowest BCUT2D eigenvalue weighted by Gasteiger charge is -2.20. The number of carboxylic acid groups (broad SMARTS) is 1. The molecule has 0 aliphatic carbocycles. The molecule has 1 aromatic heterocycles. The number of benzene rings is 1. The molecule has 0 bridgehead atoms. The average molecular weight is 398 g/mol. The Balaban J connectivity index is 1.90. The van der Waals surface area contributed by atoms with Crippen LogP contribution in [0.1, 0.15) is 43.8 Å².